The van der Waals surface area contributed by atoms with Gasteiger partial charge < -0.3 is 52.1 Å². The largest absolute Gasteiger partial charge is 0.487 e. The predicted octanol–water partition coefficient (Wildman–Crippen LogP) is 30.7. The van der Waals surface area contributed by atoms with Gasteiger partial charge in [0.05, 0.1) is 49.2 Å². The van der Waals surface area contributed by atoms with Gasteiger partial charge in [0, 0.05) is 71.6 Å². The van der Waals surface area contributed by atoms with Crippen LogP contribution in [0.5, 0.6) is 11.5 Å². The number of benzene rings is 5. The normalized spacial score (nSPS) is 12.1. The van der Waals surface area contributed by atoms with Crippen molar-refractivity contribution in [2.75, 3.05) is 112 Å². The summed E-state index contributed by atoms with van der Waals surface area (Å²) < 4.78 is 637. The number of alkyl halides is 25. The molecule has 0 saturated carbocycles. The van der Waals surface area contributed by atoms with Crippen molar-refractivity contribution in [1.82, 2.24) is 0 Å². The molecular formula is C85H104F48O11. The second-order valence-electron chi connectivity index (χ2n) is 27.8. The molecule has 0 fully saturated rings. The second-order valence-corrected chi connectivity index (χ2v) is 27.8. The highest BCUT2D eigenvalue weighted by atomic mass is 19.4. The van der Waals surface area contributed by atoms with E-state index in [2.05, 4.69) is 37.9 Å². The molecule has 0 amide bonds. The summed E-state index contributed by atoms with van der Waals surface area (Å²) >= 11 is 0. The Morgan fingerprint density at radius 3 is 0.736 bits per heavy atom. The molecule has 0 saturated heterocycles. The molecule has 846 valence electrons. The molecule has 5 aromatic rings. The van der Waals surface area contributed by atoms with Gasteiger partial charge >= 0.3 is 61.2 Å². The molecule has 0 aliphatic heterocycles. The highest BCUT2D eigenvalue weighted by Gasteiger charge is 2.58. The summed E-state index contributed by atoms with van der Waals surface area (Å²) in [6.45, 7) is 12.8. The fraction of sp³-hybridized carbons (Fsp3) is 0.647. The number of halogens is 48. The van der Waals surface area contributed by atoms with Crippen molar-refractivity contribution >= 4 is 0 Å². The van der Waals surface area contributed by atoms with Gasteiger partial charge in [-0.25, -0.2) is 132 Å². The van der Waals surface area contributed by atoms with Gasteiger partial charge in [-0.2, -0.15) is 79.0 Å². The van der Waals surface area contributed by atoms with E-state index in [0.29, 0.717) is 70.8 Å². The minimum atomic E-state index is -5.56. The lowest BCUT2D eigenvalue weighted by molar-refractivity contribution is -0.296. The smallest absolute Gasteiger partial charge is 0.455 e. The van der Waals surface area contributed by atoms with Crippen LogP contribution < -0.4 is 9.47 Å². The van der Waals surface area contributed by atoms with Crippen molar-refractivity contribution in [3.63, 3.8) is 0 Å². The number of rotatable bonds is 46. The molecule has 5 rings (SSSR count). The SMILES string of the molecule is CCCOC(C)c1c(F)c(F)c(F)c(F)c1F.CCCOCC(F)(F)C(F)(F)F.CCCOCC(F)(F)C(F)C(F)(F)F.CCCOCC(F)(F)C(F)F.CCCOCC(F)(F)C(F)F.CCCOCC(F)(F)C(F)F.CCCOCC(F)F.CCCOCc1c(F)c(F)c(F)c(F)c1F.CCCOCc1c(F)c(F)cc(F)c1F.CCCOc1c(F)c(F)c(F)c(F)c1F.CCCOc1c(F)c(F)cc(F)c1F. The lowest BCUT2D eigenvalue weighted by Gasteiger charge is -2.22. The molecule has 2 atom stereocenters. The van der Waals surface area contributed by atoms with Crippen molar-refractivity contribution in [3.05, 3.63) is 163 Å². The third kappa shape index (κ3) is 56.9. The molecule has 5 aromatic carbocycles. The van der Waals surface area contributed by atoms with Gasteiger partial charge in [-0.3, -0.25) is 0 Å². The third-order valence-electron chi connectivity index (χ3n) is 14.9. The molecule has 0 aliphatic carbocycles. The molecule has 59 heteroatoms. The molecule has 0 radical (unpaired) electrons. The van der Waals surface area contributed by atoms with Crippen molar-refractivity contribution in [3.8, 4) is 11.5 Å². The van der Waals surface area contributed by atoms with Crippen LogP contribution in [-0.4, -0.2) is 186 Å². The van der Waals surface area contributed by atoms with Gasteiger partial charge in [0.15, 0.2) is 92.9 Å². The van der Waals surface area contributed by atoms with Crippen molar-refractivity contribution in [1.29, 1.82) is 0 Å². The van der Waals surface area contributed by atoms with Gasteiger partial charge in [-0.05, 0) is 77.6 Å². The van der Waals surface area contributed by atoms with Gasteiger partial charge in [0.2, 0.25) is 52.4 Å². The van der Waals surface area contributed by atoms with Crippen LogP contribution >= 0.6 is 0 Å². The Balaban J connectivity index is -0.000000366. The predicted molar refractivity (Wildman–Crippen MR) is 420 cm³/mol. The lowest BCUT2D eigenvalue weighted by atomic mass is 10.1. The molecule has 144 heavy (non-hydrogen) atoms. The fourth-order valence-electron chi connectivity index (χ4n) is 7.97. The summed E-state index contributed by atoms with van der Waals surface area (Å²) in [5.41, 5.74) is -2.58. The number of hydrogen-bond acceptors (Lipinski definition) is 11. The van der Waals surface area contributed by atoms with Crippen LogP contribution in [0.2, 0.25) is 0 Å². The average Bonchev–Trinajstić information content (AvgIpc) is 0.775. The van der Waals surface area contributed by atoms with Crippen LogP contribution in [0.1, 0.15) is 177 Å². The van der Waals surface area contributed by atoms with Crippen LogP contribution in [0.25, 0.3) is 0 Å². The van der Waals surface area contributed by atoms with Gasteiger partial charge in [0.1, 0.15) is 39.6 Å². The van der Waals surface area contributed by atoms with Crippen LogP contribution in [0.3, 0.4) is 0 Å². The molecule has 2 unspecified atom stereocenters. The topological polar surface area (TPSA) is 102 Å². The minimum Gasteiger partial charge on any atom is -0.487 e. The Kier molecular flexibility index (Phi) is 77.0. The summed E-state index contributed by atoms with van der Waals surface area (Å²) in [4.78, 5) is 0. The van der Waals surface area contributed by atoms with Crippen molar-refractivity contribution in [2.24, 2.45) is 0 Å². The maximum atomic E-state index is 13.3. The Labute approximate surface area is 794 Å². The summed E-state index contributed by atoms with van der Waals surface area (Å²) in [5, 5.41) is 0. The molecule has 0 aliphatic rings. The van der Waals surface area contributed by atoms with Crippen molar-refractivity contribution < 1.29 is 263 Å². The maximum Gasteiger partial charge on any atom is 0.455 e. The van der Waals surface area contributed by atoms with Crippen LogP contribution in [-0.2, 0) is 55.8 Å². The highest BCUT2D eigenvalue weighted by molar-refractivity contribution is 5.31. The van der Waals surface area contributed by atoms with Crippen LogP contribution in [0, 0.1) is 134 Å². The van der Waals surface area contributed by atoms with Gasteiger partial charge in [-0.15, -0.1) is 0 Å². The van der Waals surface area contributed by atoms with E-state index in [9.17, 15) is 211 Å². The van der Waals surface area contributed by atoms with E-state index in [1.165, 1.54) is 6.92 Å². The standard InChI is InChI=1S/C11H11F5O.C10H9F5O.C10H10F4O.C9H7F5O.C9H8F4O.C7H10F6O.C6H9F5O.3C6H10F4O.C5H10F2O/c1-3-4-17-5(2)6-7(12)9(14)11(16)10(15)8(6)13;1-2-3-16-4-5-6(11)8(13)10(15)9(14)7(5)12;1-2-3-15-5-6-9(13)7(11)4-8(12)10(6)14;1-2-3-15-9-7(13)5(11)4(10)6(12)8(9)14;1-2-3-14-9-7(12)5(10)4-6(11)8(9)13;1-2-3-14-4-6(9,10)5(8)7(11,12)13;1-2-3-12-4-5(7,8)6(9,10)11;3*1-2-3-11-4-6(9,10)5(7)8;1-2-3-8-4-5(6)7/h5H,3-4H2,1-2H3;2-4H2,1H3;4H,2-3,5H2,1H3;2-3H2,1H3;4H,2-3H2,1H3;5H,2-4H2,1H3;2-4H2,1H3;3*5H,2-4H2,1H3;5H,2-4H2,1H3. The molecular weight excluding hydrogens is 2110 g/mol. The summed E-state index contributed by atoms with van der Waals surface area (Å²) in [7, 11) is 0. The molecule has 0 bridgehead atoms. The van der Waals surface area contributed by atoms with Crippen LogP contribution in [0.4, 0.5) is 211 Å². The number of hydrogen-bond donors (Lipinski definition) is 0. The summed E-state index contributed by atoms with van der Waals surface area (Å²) in [6.07, 6.45) is -23.8. The number of ether oxygens (including phenoxy) is 11. The van der Waals surface area contributed by atoms with E-state index in [1.54, 1.807) is 69.2 Å². The van der Waals surface area contributed by atoms with E-state index in [4.69, 9.17) is 14.2 Å². The monoisotopic (exact) mass is 2210 g/mol. The summed E-state index contributed by atoms with van der Waals surface area (Å²) in [5.74, 6) is -64.6. The first-order valence-electron chi connectivity index (χ1n) is 41.8. The molecule has 0 heterocycles. The first-order chi connectivity index (χ1) is 66.4. The Bertz CT molecular complexity index is 4060. The zero-order chi connectivity index (χ0) is 114. The van der Waals surface area contributed by atoms with E-state index in [0.717, 1.165) is 6.42 Å². The third-order valence-corrected chi connectivity index (χ3v) is 14.9. The van der Waals surface area contributed by atoms with Gasteiger partial charge in [0.25, 0.3) is 12.6 Å². The first-order valence-corrected chi connectivity index (χ1v) is 41.8. The second kappa shape index (κ2) is 75.6. The average molecular weight is 2210 g/mol. The molecule has 0 spiro atoms. The Morgan fingerprint density at radius 1 is 0.243 bits per heavy atom. The highest BCUT2D eigenvalue weighted by Crippen LogP contribution is 2.39. The quantitative estimate of drug-likeness (QED) is 0.0161. The lowest BCUT2D eigenvalue weighted by Crippen LogP contribution is -2.44. The molecule has 11 nitrogen and oxygen atoms in total. The molecule has 0 aromatic heterocycles. The maximum absolute atomic E-state index is 13.3. The van der Waals surface area contributed by atoms with Gasteiger partial charge in [-0.1, -0.05) is 76.2 Å². The van der Waals surface area contributed by atoms with E-state index >= 15 is 0 Å². The Morgan fingerprint density at radius 2 is 0.472 bits per heavy atom. The van der Waals surface area contributed by atoms with E-state index in [1.807, 2.05) is 6.92 Å². The fourth-order valence-corrected chi connectivity index (χ4v) is 7.97. The Hall–Kier alpha value is -8.02. The zero-order valence-corrected chi connectivity index (χ0v) is 78.0. The van der Waals surface area contributed by atoms with Crippen molar-refractivity contribution in [2.45, 2.75) is 247 Å². The molecule has 0 N–H and O–H groups in total. The van der Waals surface area contributed by atoms with Crippen LogP contribution in [0.15, 0.2) is 12.1 Å². The van der Waals surface area contributed by atoms with E-state index < -0.39 is 295 Å². The first kappa shape index (κ1) is 147. The minimum absolute atomic E-state index is 0.00324. The zero-order valence-electron chi connectivity index (χ0n) is 78.0. The summed E-state index contributed by atoms with van der Waals surface area (Å²) in [6, 6.07) is 0.317. The van der Waals surface area contributed by atoms with E-state index in [-0.39, 0.29) is 78.2 Å².